The van der Waals surface area contributed by atoms with Gasteiger partial charge in [-0.25, -0.2) is 4.79 Å². The molecule has 0 spiro atoms. The lowest BCUT2D eigenvalue weighted by Crippen LogP contribution is -2.33. The molecule has 0 radical (unpaired) electrons. The number of likely N-dealkylation sites (N-methyl/N-ethyl adjacent to an activating group) is 1. The maximum absolute atomic E-state index is 11.4. The molecule has 0 saturated carbocycles. The Morgan fingerprint density at radius 3 is 2.31 bits per heavy atom. The molecule has 0 aromatic rings. The van der Waals surface area contributed by atoms with Crippen LogP contribution in [0.2, 0.25) is 0 Å². The van der Waals surface area contributed by atoms with Gasteiger partial charge in [-0.3, -0.25) is 24.2 Å². The fraction of sp³-hybridized carbons (Fsp3) is 0.556. The summed E-state index contributed by atoms with van der Waals surface area (Å²) in [6.07, 6.45) is -0.105. The molecule has 1 rings (SSSR count). The molecule has 1 fully saturated rings. The van der Waals surface area contributed by atoms with Crippen molar-refractivity contribution in [1.82, 2.24) is 9.80 Å². The highest BCUT2D eigenvalue weighted by atomic mass is 16.5. The molecule has 4 amide bonds. The molecule has 0 aromatic carbocycles. The molecule has 16 heavy (non-hydrogen) atoms. The maximum Gasteiger partial charge on any atom is 0.333 e. The molecule has 7 heteroatoms. The van der Waals surface area contributed by atoms with E-state index in [0.29, 0.717) is 4.90 Å². The van der Waals surface area contributed by atoms with Gasteiger partial charge in [-0.05, 0) is 6.92 Å². The van der Waals surface area contributed by atoms with E-state index in [1.54, 1.807) is 6.92 Å². The van der Waals surface area contributed by atoms with Crippen LogP contribution in [0.15, 0.2) is 0 Å². The third kappa shape index (κ3) is 2.18. The van der Waals surface area contributed by atoms with E-state index in [0.717, 1.165) is 4.90 Å². The van der Waals surface area contributed by atoms with Crippen LogP contribution in [0.25, 0.3) is 0 Å². The Hall–Kier alpha value is -1.92. The molecule has 0 atom stereocenters. The number of urea groups is 1. The van der Waals surface area contributed by atoms with Crippen molar-refractivity contribution in [3.63, 3.8) is 0 Å². The van der Waals surface area contributed by atoms with Crippen LogP contribution < -0.4 is 0 Å². The molecule has 0 N–H and O–H groups in total. The number of carbonyl (C=O) groups excluding carboxylic acids is 4. The van der Waals surface area contributed by atoms with Crippen LogP contribution in [0.4, 0.5) is 4.79 Å². The fourth-order valence-corrected chi connectivity index (χ4v) is 1.25. The summed E-state index contributed by atoms with van der Waals surface area (Å²) in [7, 11) is 1.22. The summed E-state index contributed by atoms with van der Waals surface area (Å²) in [6.45, 7) is 1.76. The van der Waals surface area contributed by atoms with Crippen molar-refractivity contribution in [2.75, 3.05) is 20.2 Å². The Morgan fingerprint density at radius 2 is 1.88 bits per heavy atom. The lowest BCUT2D eigenvalue weighted by atomic mass is 10.4. The summed E-state index contributed by atoms with van der Waals surface area (Å²) < 4.78 is 4.64. The molecule has 88 valence electrons. The molecule has 0 unspecified atom stereocenters. The molecule has 0 aliphatic carbocycles. The van der Waals surface area contributed by atoms with Crippen molar-refractivity contribution < 1.29 is 23.9 Å². The van der Waals surface area contributed by atoms with E-state index in [-0.39, 0.29) is 19.6 Å². The maximum atomic E-state index is 11.4. The number of carbonyl (C=O) groups is 4. The minimum absolute atomic E-state index is 0.105. The van der Waals surface area contributed by atoms with Crippen molar-refractivity contribution in [3.8, 4) is 0 Å². The summed E-state index contributed by atoms with van der Waals surface area (Å²) in [5, 5.41) is 0. The van der Waals surface area contributed by atoms with Gasteiger partial charge >= 0.3 is 23.8 Å². The Kier molecular flexibility index (Phi) is 3.60. The van der Waals surface area contributed by atoms with Crippen molar-refractivity contribution >= 4 is 23.8 Å². The quantitative estimate of drug-likeness (QED) is 0.363. The SMILES string of the molecule is CCOC(=O)CCN1C(=O)C(=O)N(C)C1=O. The Balaban J connectivity index is 2.55. The molecule has 1 saturated heterocycles. The third-order valence-corrected chi connectivity index (χ3v) is 2.10. The number of ether oxygens (including phenoxy) is 1. The normalized spacial score (nSPS) is 16.0. The van der Waals surface area contributed by atoms with Gasteiger partial charge in [0.15, 0.2) is 0 Å². The average molecular weight is 228 g/mol. The van der Waals surface area contributed by atoms with Crippen LogP contribution >= 0.6 is 0 Å². The van der Waals surface area contributed by atoms with Gasteiger partial charge in [0, 0.05) is 13.6 Å². The highest BCUT2D eigenvalue weighted by Crippen LogP contribution is 2.10. The Labute approximate surface area is 91.9 Å². The first-order valence-corrected chi connectivity index (χ1v) is 4.78. The Morgan fingerprint density at radius 1 is 1.25 bits per heavy atom. The highest BCUT2D eigenvalue weighted by Gasteiger charge is 2.41. The Bertz CT molecular complexity index is 352. The van der Waals surface area contributed by atoms with E-state index in [2.05, 4.69) is 4.74 Å². The first kappa shape index (κ1) is 12.2. The van der Waals surface area contributed by atoms with Crippen molar-refractivity contribution in [1.29, 1.82) is 0 Å². The molecule has 7 nitrogen and oxygen atoms in total. The van der Waals surface area contributed by atoms with E-state index in [1.165, 1.54) is 7.05 Å². The van der Waals surface area contributed by atoms with Gasteiger partial charge < -0.3 is 4.74 Å². The number of hydrogen-bond acceptors (Lipinski definition) is 5. The number of hydrogen-bond donors (Lipinski definition) is 0. The second-order valence-corrected chi connectivity index (χ2v) is 3.16. The minimum Gasteiger partial charge on any atom is -0.466 e. The molecule has 0 bridgehead atoms. The number of rotatable bonds is 4. The van der Waals surface area contributed by atoms with Crippen LogP contribution in [-0.2, 0) is 19.1 Å². The molecular formula is C9H12N2O5. The van der Waals surface area contributed by atoms with Crippen molar-refractivity contribution in [2.45, 2.75) is 13.3 Å². The van der Waals surface area contributed by atoms with E-state index in [1.807, 2.05) is 0 Å². The summed E-state index contributed by atoms with van der Waals surface area (Å²) in [5.41, 5.74) is 0. The predicted molar refractivity (Wildman–Crippen MR) is 51.1 cm³/mol. The summed E-state index contributed by atoms with van der Waals surface area (Å²) in [6, 6.07) is -0.709. The van der Waals surface area contributed by atoms with Crippen LogP contribution in [0.1, 0.15) is 13.3 Å². The molecule has 0 aromatic heterocycles. The van der Waals surface area contributed by atoms with Gasteiger partial charge in [0.25, 0.3) is 0 Å². The van der Waals surface area contributed by atoms with Gasteiger partial charge in [0.1, 0.15) is 0 Å². The van der Waals surface area contributed by atoms with Crippen LogP contribution in [-0.4, -0.2) is 53.8 Å². The molecule has 1 aliphatic heterocycles. The van der Waals surface area contributed by atoms with Crippen LogP contribution in [0.3, 0.4) is 0 Å². The van der Waals surface area contributed by atoms with E-state index >= 15 is 0 Å². The van der Waals surface area contributed by atoms with Gasteiger partial charge in [0.05, 0.1) is 13.0 Å². The van der Waals surface area contributed by atoms with Gasteiger partial charge in [0.2, 0.25) is 0 Å². The number of amides is 4. The largest absolute Gasteiger partial charge is 0.466 e. The summed E-state index contributed by atoms with van der Waals surface area (Å²) in [5.74, 6) is -2.30. The average Bonchev–Trinajstić information content (AvgIpc) is 2.42. The monoisotopic (exact) mass is 228 g/mol. The topological polar surface area (TPSA) is 84.0 Å². The van der Waals surface area contributed by atoms with E-state index in [9.17, 15) is 19.2 Å². The van der Waals surface area contributed by atoms with Crippen LogP contribution in [0, 0.1) is 0 Å². The molecular weight excluding hydrogens is 216 g/mol. The third-order valence-electron chi connectivity index (χ3n) is 2.10. The highest BCUT2D eigenvalue weighted by molar-refractivity contribution is 6.44. The zero-order chi connectivity index (χ0) is 12.3. The number of esters is 1. The molecule has 1 aliphatic rings. The lowest BCUT2D eigenvalue weighted by molar-refractivity contribution is -0.145. The first-order valence-electron chi connectivity index (χ1n) is 4.78. The van der Waals surface area contributed by atoms with Crippen LogP contribution in [0.5, 0.6) is 0 Å². The predicted octanol–water partition coefficient (Wildman–Crippen LogP) is -0.640. The zero-order valence-corrected chi connectivity index (χ0v) is 9.06. The summed E-state index contributed by atoms with van der Waals surface area (Å²) in [4.78, 5) is 46.2. The second-order valence-electron chi connectivity index (χ2n) is 3.16. The second kappa shape index (κ2) is 4.73. The minimum atomic E-state index is -0.906. The van der Waals surface area contributed by atoms with Gasteiger partial charge in [-0.1, -0.05) is 0 Å². The standard InChI is InChI=1S/C9H12N2O5/c1-3-16-6(12)4-5-11-8(14)7(13)10(2)9(11)15/h3-5H2,1-2H3. The smallest absolute Gasteiger partial charge is 0.333 e. The first-order chi connectivity index (χ1) is 7.49. The fourth-order valence-electron chi connectivity index (χ4n) is 1.25. The van der Waals surface area contributed by atoms with E-state index in [4.69, 9.17) is 0 Å². The van der Waals surface area contributed by atoms with Gasteiger partial charge in [-0.2, -0.15) is 0 Å². The molecule has 1 heterocycles. The number of nitrogens with zero attached hydrogens (tertiary/aromatic N) is 2. The van der Waals surface area contributed by atoms with Crippen molar-refractivity contribution in [2.24, 2.45) is 0 Å². The van der Waals surface area contributed by atoms with E-state index < -0.39 is 23.8 Å². The van der Waals surface area contributed by atoms with Crippen molar-refractivity contribution in [3.05, 3.63) is 0 Å². The van der Waals surface area contributed by atoms with Gasteiger partial charge in [-0.15, -0.1) is 0 Å². The number of imide groups is 2. The lowest BCUT2D eigenvalue weighted by Gasteiger charge is -2.11. The summed E-state index contributed by atoms with van der Waals surface area (Å²) >= 11 is 0. The zero-order valence-electron chi connectivity index (χ0n) is 9.06.